The quantitative estimate of drug-likeness (QED) is 0.292. The molecule has 0 unspecified atom stereocenters. The Hall–Kier alpha value is -3.64. The largest absolute Gasteiger partial charge is 0.0616 e. The van der Waals surface area contributed by atoms with Gasteiger partial charge in [-0.3, -0.25) is 0 Å². The van der Waals surface area contributed by atoms with Crippen LogP contribution in [0.3, 0.4) is 0 Å². The van der Waals surface area contributed by atoms with E-state index in [9.17, 15) is 0 Å². The van der Waals surface area contributed by atoms with Crippen molar-refractivity contribution in [1.29, 1.82) is 0 Å². The number of benzene rings is 4. The highest BCUT2D eigenvalue weighted by Gasteiger charge is 2.24. The maximum Gasteiger partial charge on any atom is -0.00987 e. The summed E-state index contributed by atoms with van der Waals surface area (Å²) in [4.78, 5) is 0. The summed E-state index contributed by atoms with van der Waals surface area (Å²) in [5.74, 6) is 0. The lowest BCUT2D eigenvalue weighted by molar-refractivity contribution is 1.65. The van der Waals surface area contributed by atoms with Crippen molar-refractivity contribution < 1.29 is 0 Å². The summed E-state index contributed by atoms with van der Waals surface area (Å²) in [6.45, 7) is 0. The van der Waals surface area contributed by atoms with E-state index in [1.165, 1.54) is 55.7 Å². The second-order valence-electron chi connectivity index (χ2n) is 7.34. The molecule has 6 rings (SSSR count). The van der Waals surface area contributed by atoms with Gasteiger partial charge in [0.15, 0.2) is 0 Å². The summed E-state index contributed by atoms with van der Waals surface area (Å²) in [6.07, 6.45) is 4.61. The number of fused-ring (bicyclic) bond motifs is 6. The summed E-state index contributed by atoms with van der Waals surface area (Å²) in [7, 11) is 0. The van der Waals surface area contributed by atoms with E-state index < -0.39 is 0 Å². The zero-order valence-corrected chi connectivity index (χ0v) is 15.4. The normalized spacial score (nSPS) is 12.9. The van der Waals surface area contributed by atoms with E-state index in [0.29, 0.717) is 0 Å². The molecule has 130 valence electrons. The zero-order chi connectivity index (χ0) is 18.5. The highest BCUT2D eigenvalue weighted by molar-refractivity contribution is 6.04. The molecule has 4 aromatic carbocycles. The SMILES string of the molecule is C(C=C1c2ccccc2-c2ccccc21)=C1c2ccccc2-c2ccccc21. The molecule has 0 bridgehead atoms. The molecule has 0 atom stereocenters. The fourth-order valence-electron chi connectivity index (χ4n) is 4.63. The minimum Gasteiger partial charge on any atom is -0.0616 e. The van der Waals surface area contributed by atoms with Gasteiger partial charge in [-0.05, 0) is 55.7 Å². The van der Waals surface area contributed by atoms with Crippen LogP contribution in [0.2, 0.25) is 0 Å². The van der Waals surface area contributed by atoms with Crippen LogP contribution in [0.4, 0.5) is 0 Å². The van der Waals surface area contributed by atoms with Gasteiger partial charge in [0.1, 0.15) is 0 Å². The lowest BCUT2D eigenvalue weighted by Gasteiger charge is -2.04. The zero-order valence-electron chi connectivity index (χ0n) is 15.4. The third-order valence-electron chi connectivity index (χ3n) is 5.87. The monoisotopic (exact) mass is 354 g/mol. The van der Waals surface area contributed by atoms with Gasteiger partial charge in [-0.1, -0.05) is 109 Å². The third-order valence-corrected chi connectivity index (χ3v) is 5.87. The Morgan fingerprint density at radius 3 is 0.750 bits per heavy atom. The smallest absolute Gasteiger partial charge is 0.00987 e. The Bertz CT molecular complexity index is 1100. The molecule has 0 amide bonds. The van der Waals surface area contributed by atoms with Gasteiger partial charge in [0.05, 0.1) is 0 Å². The van der Waals surface area contributed by atoms with Gasteiger partial charge in [0.25, 0.3) is 0 Å². The minimum absolute atomic E-state index is 1.31. The topological polar surface area (TPSA) is 0 Å². The van der Waals surface area contributed by atoms with Crippen LogP contribution >= 0.6 is 0 Å². The Balaban J connectivity index is 1.58. The molecule has 4 aromatic rings. The molecule has 0 aromatic heterocycles. The summed E-state index contributed by atoms with van der Waals surface area (Å²) >= 11 is 0. The van der Waals surface area contributed by atoms with Crippen LogP contribution in [0.25, 0.3) is 33.4 Å². The molecular formula is C28H18. The Morgan fingerprint density at radius 2 is 0.500 bits per heavy atom. The molecule has 0 aliphatic heterocycles. The van der Waals surface area contributed by atoms with E-state index in [2.05, 4.69) is 109 Å². The number of hydrogen-bond acceptors (Lipinski definition) is 0. The fraction of sp³-hybridized carbons (Fsp3) is 0. The van der Waals surface area contributed by atoms with Crippen molar-refractivity contribution in [3.8, 4) is 22.3 Å². The number of hydrogen-bond donors (Lipinski definition) is 0. The van der Waals surface area contributed by atoms with Crippen LogP contribution in [0.1, 0.15) is 22.3 Å². The molecule has 2 aliphatic carbocycles. The maximum absolute atomic E-state index is 2.30. The molecule has 0 N–H and O–H groups in total. The van der Waals surface area contributed by atoms with Gasteiger partial charge < -0.3 is 0 Å². The van der Waals surface area contributed by atoms with Gasteiger partial charge in [0, 0.05) is 0 Å². The molecule has 28 heavy (non-hydrogen) atoms. The van der Waals surface area contributed by atoms with Crippen molar-refractivity contribution in [3.05, 3.63) is 131 Å². The lowest BCUT2D eigenvalue weighted by atomic mass is 10.00. The molecular weight excluding hydrogens is 336 g/mol. The van der Waals surface area contributed by atoms with Crippen LogP contribution in [0.15, 0.2) is 109 Å². The van der Waals surface area contributed by atoms with E-state index in [1.807, 2.05) is 0 Å². The number of allylic oxidation sites excluding steroid dienone is 2. The van der Waals surface area contributed by atoms with E-state index in [-0.39, 0.29) is 0 Å². The van der Waals surface area contributed by atoms with Crippen LogP contribution in [0, 0.1) is 0 Å². The maximum atomic E-state index is 2.30. The third kappa shape index (κ3) is 2.12. The van der Waals surface area contributed by atoms with Crippen LogP contribution in [-0.2, 0) is 0 Å². The van der Waals surface area contributed by atoms with Gasteiger partial charge in [-0.25, -0.2) is 0 Å². The first-order valence-corrected chi connectivity index (χ1v) is 9.72. The second kappa shape index (κ2) is 5.94. The van der Waals surface area contributed by atoms with E-state index in [1.54, 1.807) is 0 Å². The molecule has 0 saturated carbocycles. The summed E-state index contributed by atoms with van der Waals surface area (Å²) in [6, 6.07) is 34.9. The Morgan fingerprint density at radius 1 is 0.286 bits per heavy atom. The van der Waals surface area contributed by atoms with Crippen molar-refractivity contribution >= 4 is 11.1 Å². The Labute approximate surface area is 165 Å². The van der Waals surface area contributed by atoms with Gasteiger partial charge >= 0.3 is 0 Å². The van der Waals surface area contributed by atoms with E-state index >= 15 is 0 Å². The molecule has 2 aliphatic rings. The predicted molar refractivity (Wildman–Crippen MR) is 118 cm³/mol. The molecule has 0 radical (unpaired) electrons. The predicted octanol–water partition coefficient (Wildman–Crippen LogP) is 7.21. The molecule has 0 heterocycles. The Kier molecular flexibility index (Phi) is 3.27. The van der Waals surface area contributed by atoms with Gasteiger partial charge in [-0.15, -0.1) is 0 Å². The van der Waals surface area contributed by atoms with Crippen LogP contribution in [0.5, 0.6) is 0 Å². The van der Waals surface area contributed by atoms with E-state index in [4.69, 9.17) is 0 Å². The van der Waals surface area contributed by atoms with Gasteiger partial charge in [-0.2, -0.15) is 0 Å². The molecule has 0 spiro atoms. The van der Waals surface area contributed by atoms with Crippen LogP contribution < -0.4 is 0 Å². The van der Waals surface area contributed by atoms with Crippen molar-refractivity contribution in [2.45, 2.75) is 0 Å². The average Bonchev–Trinajstić information content (AvgIpc) is 3.26. The number of rotatable bonds is 1. The first-order chi connectivity index (χ1) is 13.9. The second-order valence-corrected chi connectivity index (χ2v) is 7.34. The summed E-state index contributed by atoms with van der Waals surface area (Å²) in [5, 5.41) is 0. The van der Waals surface area contributed by atoms with Crippen molar-refractivity contribution in [1.82, 2.24) is 0 Å². The van der Waals surface area contributed by atoms with Crippen molar-refractivity contribution in [2.24, 2.45) is 0 Å². The molecule has 0 saturated heterocycles. The van der Waals surface area contributed by atoms with Crippen LogP contribution in [-0.4, -0.2) is 0 Å². The highest BCUT2D eigenvalue weighted by Crippen LogP contribution is 2.46. The van der Waals surface area contributed by atoms with E-state index in [0.717, 1.165) is 0 Å². The van der Waals surface area contributed by atoms with Crippen molar-refractivity contribution in [2.75, 3.05) is 0 Å². The summed E-state index contributed by atoms with van der Waals surface area (Å²) < 4.78 is 0. The first-order valence-electron chi connectivity index (χ1n) is 9.72. The first kappa shape index (κ1) is 15.4. The molecule has 0 heteroatoms. The minimum atomic E-state index is 1.31. The van der Waals surface area contributed by atoms with Crippen molar-refractivity contribution in [3.63, 3.8) is 0 Å². The standard InChI is InChI=1S/C28H18/c1-5-13-23-19(9-1)20-10-2-6-14-24(20)27(23)17-18-28-25-15-7-3-11-21(25)22-12-4-8-16-26(22)28/h1-18H. The van der Waals surface area contributed by atoms with Gasteiger partial charge in [0.2, 0.25) is 0 Å². The highest BCUT2D eigenvalue weighted by atomic mass is 14.3. The fourth-order valence-corrected chi connectivity index (χ4v) is 4.63. The average molecular weight is 354 g/mol. The molecule has 0 nitrogen and oxygen atoms in total. The summed E-state index contributed by atoms with van der Waals surface area (Å²) in [5.41, 5.74) is 13.2. The molecule has 0 fully saturated rings. The lowest BCUT2D eigenvalue weighted by Crippen LogP contribution is -1.83.